The van der Waals surface area contributed by atoms with Crippen molar-refractivity contribution >= 4 is 15.7 Å². The number of amides is 1. The molecule has 0 bridgehead atoms. The number of sulfone groups is 1. The lowest BCUT2D eigenvalue weighted by Crippen LogP contribution is -2.43. The highest BCUT2D eigenvalue weighted by molar-refractivity contribution is 7.91. The van der Waals surface area contributed by atoms with Gasteiger partial charge >= 0.3 is 0 Å². The van der Waals surface area contributed by atoms with Crippen LogP contribution >= 0.6 is 0 Å². The van der Waals surface area contributed by atoms with Crippen LogP contribution < -0.4 is 5.32 Å². The molecule has 100 valence electrons. The van der Waals surface area contributed by atoms with Crippen LogP contribution in [0.5, 0.6) is 0 Å². The average molecular weight is 262 g/mol. The van der Waals surface area contributed by atoms with Gasteiger partial charge in [-0.1, -0.05) is 6.92 Å². The van der Waals surface area contributed by atoms with Gasteiger partial charge in [0.15, 0.2) is 9.84 Å². The van der Waals surface area contributed by atoms with Gasteiger partial charge in [0, 0.05) is 18.8 Å². The zero-order chi connectivity index (χ0) is 12.9. The molecule has 0 spiro atoms. The van der Waals surface area contributed by atoms with Gasteiger partial charge in [0.05, 0.1) is 11.8 Å². The van der Waals surface area contributed by atoms with Crippen molar-refractivity contribution in [2.75, 3.05) is 31.1 Å². The van der Waals surface area contributed by atoms with Crippen molar-refractivity contribution in [3.63, 3.8) is 0 Å². The zero-order valence-electron chi connectivity index (χ0n) is 10.6. The topological polar surface area (TPSA) is 66.5 Å². The van der Waals surface area contributed by atoms with Crippen LogP contribution in [0.3, 0.4) is 0 Å². The summed E-state index contributed by atoms with van der Waals surface area (Å²) in [4.78, 5) is 13.6. The van der Waals surface area contributed by atoms with Gasteiger partial charge in [0.25, 0.3) is 0 Å². The quantitative estimate of drug-likeness (QED) is 0.758. The highest BCUT2D eigenvalue weighted by Gasteiger charge is 2.24. The molecule has 0 radical (unpaired) electrons. The molecule has 1 fully saturated rings. The van der Waals surface area contributed by atoms with Crippen LogP contribution in [0.25, 0.3) is 0 Å². The molecule has 5 nitrogen and oxygen atoms in total. The maximum absolute atomic E-state index is 11.9. The molecule has 1 saturated heterocycles. The molecule has 1 amide bonds. The van der Waals surface area contributed by atoms with Crippen LogP contribution in [0, 0.1) is 0 Å². The third kappa shape index (κ3) is 4.63. The highest BCUT2D eigenvalue weighted by atomic mass is 32.2. The maximum atomic E-state index is 11.9. The van der Waals surface area contributed by atoms with Crippen molar-refractivity contribution in [1.82, 2.24) is 10.2 Å². The van der Waals surface area contributed by atoms with Gasteiger partial charge in [-0.05, 0) is 26.3 Å². The van der Waals surface area contributed by atoms with Gasteiger partial charge in [-0.3, -0.25) is 4.79 Å². The summed E-state index contributed by atoms with van der Waals surface area (Å²) in [6, 6.07) is -0.202. The predicted molar refractivity (Wildman–Crippen MR) is 67.6 cm³/mol. The van der Waals surface area contributed by atoms with Gasteiger partial charge in [0.2, 0.25) is 5.91 Å². The maximum Gasteiger partial charge on any atom is 0.239 e. The molecule has 6 heteroatoms. The van der Waals surface area contributed by atoms with Crippen molar-refractivity contribution in [3.8, 4) is 0 Å². The van der Waals surface area contributed by atoms with E-state index in [0.717, 1.165) is 13.0 Å². The zero-order valence-corrected chi connectivity index (χ0v) is 11.4. The molecule has 0 aromatic rings. The summed E-state index contributed by atoms with van der Waals surface area (Å²) in [5.74, 6) is 0.302. The molecule has 0 saturated carbocycles. The van der Waals surface area contributed by atoms with E-state index in [9.17, 15) is 13.2 Å². The number of carbonyl (C=O) groups excluding carboxylic acids is 1. The van der Waals surface area contributed by atoms with E-state index in [1.807, 2.05) is 13.8 Å². The van der Waals surface area contributed by atoms with E-state index in [1.165, 1.54) is 0 Å². The Labute approximate surface area is 103 Å². The first-order chi connectivity index (χ1) is 7.96. The Balaban J connectivity index is 2.52. The van der Waals surface area contributed by atoms with Crippen LogP contribution in [0.4, 0.5) is 0 Å². The molecule has 1 aliphatic heterocycles. The minimum absolute atomic E-state index is 0.00852. The Morgan fingerprint density at radius 2 is 2.12 bits per heavy atom. The van der Waals surface area contributed by atoms with Gasteiger partial charge in [-0.2, -0.15) is 0 Å². The van der Waals surface area contributed by atoms with E-state index in [4.69, 9.17) is 0 Å². The Hall–Kier alpha value is -0.620. The molecular weight excluding hydrogens is 240 g/mol. The summed E-state index contributed by atoms with van der Waals surface area (Å²) in [6.45, 7) is 5.46. The summed E-state index contributed by atoms with van der Waals surface area (Å²) < 4.78 is 23.2. The Bertz CT molecular complexity index is 354. The van der Waals surface area contributed by atoms with E-state index in [2.05, 4.69) is 5.32 Å². The minimum atomic E-state index is -3.00. The molecule has 17 heavy (non-hydrogen) atoms. The smallest absolute Gasteiger partial charge is 0.239 e. The summed E-state index contributed by atoms with van der Waals surface area (Å²) in [5.41, 5.74) is 0. The molecule has 1 N–H and O–H groups in total. The number of hydrogen-bond donors (Lipinski definition) is 1. The van der Waals surface area contributed by atoms with Crippen LogP contribution in [0.2, 0.25) is 0 Å². The van der Waals surface area contributed by atoms with Gasteiger partial charge in [-0.15, -0.1) is 0 Å². The summed E-state index contributed by atoms with van der Waals surface area (Å²) in [5, 5.41) is 3.11. The first kappa shape index (κ1) is 14.4. The molecule has 1 rings (SSSR count). The van der Waals surface area contributed by atoms with E-state index in [1.54, 1.807) is 4.90 Å². The second-order valence-corrected chi connectivity index (χ2v) is 6.81. The summed E-state index contributed by atoms with van der Waals surface area (Å²) >= 11 is 0. The molecule has 0 aromatic heterocycles. The number of nitrogens with zero attached hydrogens (tertiary/aromatic N) is 1. The third-order valence-electron chi connectivity index (χ3n) is 2.92. The van der Waals surface area contributed by atoms with E-state index >= 15 is 0 Å². The van der Waals surface area contributed by atoms with Crippen LogP contribution in [-0.2, 0) is 14.6 Å². The molecule has 1 unspecified atom stereocenters. The first-order valence-corrected chi connectivity index (χ1v) is 8.01. The van der Waals surface area contributed by atoms with Crippen LogP contribution in [-0.4, -0.2) is 56.4 Å². The highest BCUT2D eigenvalue weighted by Crippen LogP contribution is 2.04. The third-order valence-corrected chi connectivity index (χ3v) is 4.76. The normalized spacial score (nSPS) is 22.6. The van der Waals surface area contributed by atoms with Gasteiger partial charge in [0.1, 0.15) is 0 Å². The number of nitrogens with one attached hydrogen (secondary N) is 1. The standard InChI is InChI=1S/C11H22N2O3S/c1-3-8-17(15,16)9-7-13-6-4-5-12-10(2)11(13)14/h10,12H,3-9H2,1-2H3. The predicted octanol–water partition coefficient (Wildman–Crippen LogP) is 0.0216. The fourth-order valence-corrected chi connectivity index (χ4v) is 3.27. The fourth-order valence-electron chi connectivity index (χ4n) is 1.94. The van der Waals surface area contributed by atoms with Crippen LogP contribution in [0.1, 0.15) is 26.7 Å². The lowest BCUT2D eigenvalue weighted by Gasteiger charge is -2.22. The van der Waals surface area contributed by atoms with Crippen molar-refractivity contribution in [1.29, 1.82) is 0 Å². The summed E-state index contributed by atoms with van der Waals surface area (Å²) in [7, 11) is -3.00. The number of carbonyl (C=O) groups is 1. The molecule has 1 aliphatic rings. The van der Waals surface area contributed by atoms with Crippen LogP contribution in [0.15, 0.2) is 0 Å². The second-order valence-electron chi connectivity index (χ2n) is 4.51. The number of hydrogen-bond acceptors (Lipinski definition) is 4. The lowest BCUT2D eigenvalue weighted by molar-refractivity contribution is -0.131. The Morgan fingerprint density at radius 3 is 2.76 bits per heavy atom. The van der Waals surface area contributed by atoms with E-state index < -0.39 is 9.84 Å². The number of rotatable bonds is 5. The summed E-state index contributed by atoms with van der Waals surface area (Å²) in [6.07, 6.45) is 1.51. The average Bonchev–Trinajstić information content (AvgIpc) is 2.40. The Kier molecular flexibility index (Phi) is 5.39. The molecule has 1 atom stereocenters. The van der Waals surface area contributed by atoms with Crippen molar-refractivity contribution in [2.45, 2.75) is 32.7 Å². The van der Waals surface area contributed by atoms with E-state index in [0.29, 0.717) is 19.5 Å². The molecule has 0 aliphatic carbocycles. The molecule has 0 aromatic carbocycles. The second kappa shape index (κ2) is 6.35. The Morgan fingerprint density at radius 1 is 1.41 bits per heavy atom. The largest absolute Gasteiger partial charge is 0.340 e. The van der Waals surface area contributed by atoms with Crippen molar-refractivity contribution < 1.29 is 13.2 Å². The first-order valence-electron chi connectivity index (χ1n) is 6.19. The molecule has 1 heterocycles. The van der Waals surface area contributed by atoms with Gasteiger partial charge < -0.3 is 10.2 Å². The fraction of sp³-hybridized carbons (Fsp3) is 0.909. The lowest BCUT2D eigenvalue weighted by atomic mass is 10.3. The minimum Gasteiger partial charge on any atom is -0.340 e. The van der Waals surface area contributed by atoms with Crippen molar-refractivity contribution in [3.05, 3.63) is 0 Å². The van der Waals surface area contributed by atoms with Crippen molar-refractivity contribution in [2.24, 2.45) is 0 Å². The van der Waals surface area contributed by atoms with Gasteiger partial charge in [-0.25, -0.2) is 8.42 Å². The SMILES string of the molecule is CCCS(=O)(=O)CCN1CCCNC(C)C1=O. The van der Waals surface area contributed by atoms with E-state index in [-0.39, 0.29) is 23.5 Å². The monoisotopic (exact) mass is 262 g/mol. The molecular formula is C11H22N2O3S.